The number of hydrogen-bond acceptors (Lipinski definition) is 2. The second-order valence-electron chi connectivity index (χ2n) is 6.50. The zero-order valence-corrected chi connectivity index (χ0v) is 11.8. The number of hydrogen-bond donors (Lipinski definition) is 1. The van der Waals surface area contributed by atoms with Crippen LogP contribution in [0.2, 0.25) is 0 Å². The Bertz CT molecular complexity index is 515. The lowest BCUT2D eigenvalue weighted by Gasteiger charge is -2.29. The summed E-state index contributed by atoms with van der Waals surface area (Å²) in [7, 11) is 0. The first-order valence-electron chi connectivity index (χ1n) is 7.93. The number of benzene rings is 1. The van der Waals surface area contributed by atoms with E-state index >= 15 is 0 Å². The molecule has 2 heterocycles. The number of fused-ring (bicyclic) bond motifs is 2. The molecule has 1 unspecified atom stereocenters. The monoisotopic (exact) mass is 270 g/mol. The molecule has 3 nitrogen and oxygen atoms in total. The molecule has 2 aliphatic heterocycles. The highest BCUT2D eigenvalue weighted by Crippen LogP contribution is 2.35. The van der Waals surface area contributed by atoms with Gasteiger partial charge in [0.2, 0.25) is 5.91 Å². The molecule has 106 valence electrons. The molecule has 0 bridgehead atoms. The lowest BCUT2D eigenvalue weighted by atomic mass is 9.82. The number of carbonyl (C=O) groups is 1. The fourth-order valence-electron chi connectivity index (χ4n) is 4.26. The number of nitrogens with zero attached hydrogens (tertiary/aromatic N) is 1. The molecule has 0 radical (unpaired) electrons. The van der Waals surface area contributed by atoms with Crippen LogP contribution < -0.4 is 5.32 Å². The number of rotatable bonds is 1. The molecule has 1 amide bonds. The molecule has 1 aromatic rings. The second kappa shape index (κ2) is 4.88. The molecule has 1 N–H and O–H groups in total. The van der Waals surface area contributed by atoms with Crippen LogP contribution in [0.15, 0.2) is 24.3 Å². The molecular formula is C17H22N2O. The van der Waals surface area contributed by atoms with Gasteiger partial charge in [0.15, 0.2) is 0 Å². The minimum atomic E-state index is 0.110. The van der Waals surface area contributed by atoms with Crippen molar-refractivity contribution < 1.29 is 4.79 Å². The van der Waals surface area contributed by atoms with Gasteiger partial charge in [-0.1, -0.05) is 24.3 Å². The summed E-state index contributed by atoms with van der Waals surface area (Å²) in [6.07, 6.45) is 4.53. The van der Waals surface area contributed by atoms with Gasteiger partial charge in [0.25, 0.3) is 0 Å². The molecule has 2 fully saturated rings. The molecule has 0 saturated carbocycles. The highest BCUT2D eigenvalue weighted by atomic mass is 16.2. The lowest BCUT2D eigenvalue weighted by molar-refractivity contribution is -0.132. The van der Waals surface area contributed by atoms with E-state index in [1.54, 1.807) is 0 Å². The van der Waals surface area contributed by atoms with Gasteiger partial charge in [-0.15, -0.1) is 0 Å². The van der Waals surface area contributed by atoms with E-state index in [-0.39, 0.29) is 5.92 Å². The van der Waals surface area contributed by atoms with Crippen LogP contribution in [0.1, 0.15) is 36.3 Å². The predicted octanol–water partition coefficient (Wildman–Crippen LogP) is 1.93. The third-order valence-corrected chi connectivity index (χ3v) is 5.34. The van der Waals surface area contributed by atoms with Gasteiger partial charge >= 0.3 is 0 Å². The summed E-state index contributed by atoms with van der Waals surface area (Å²) in [6.45, 7) is 3.01. The van der Waals surface area contributed by atoms with Crippen molar-refractivity contribution in [3.05, 3.63) is 35.4 Å². The zero-order valence-electron chi connectivity index (χ0n) is 11.8. The number of nitrogens with one attached hydrogen (secondary N) is 1. The SMILES string of the molecule is O=C(C1CCCc2ccccc21)N1C[C@@H]2CCN[C@@H]2C1. The summed E-state index contributed by atoms with van der Waals surface area (Å²) in [5.74, 6) is 1.17. The Balaban J connectivity index is 1.55. The topological polar surface area (TPSA) is 32.3 Å². The third kappa shape index (κ3) is 1.96. The van der Waals surface area contributed by atoms with Crippen LogP contribution in [0.4, 0.5) is 0 Å². The predicted molar refractivity (Wildman–Crippen MR) is 78.6 cm³/mol. The van der Waals surface area contributed by atoms with E-state index in [0.29, 0.717) is 17.9 Å². The molecule has 1 aliphatic carbocycles. The Labute approximate surface area is 120 Å². The van der Waals surface area contributed by atoms with Gasteiger partial charge in [-0.2, -0.15) is 0 Å². The fraction of sp³-hybridized carbons (Fsp3) is 0.588. The van der Waals surface area contributed by atoms with E-state index in [4.69, 9.17) is 0 Å². The Morgan fingerprint density at radius 3 is 3.00 bits per heavy atom. The van der Waals surface area contributed by atoms with E-state index in [9.17, 15) is 4.79 Å². The van der Waals surface area contributed by atoms with Crippen LogP contribution in [-0.2, 0) is 11.2 Å². The lowest BCUT2D eigenvalue weighted by Crippen LogP contribution is -2.37. The van der Waals surface area contributed by atoms with Crippen LogP contribution >= 0.6 is 0 Å². The van der Waals surface area contributed by atoms with Crippen molar-refractivity contribution in [1.82, 2.24) is 10.2 Å². The van der Waals surface area contributed by atoms with Crippen LogP contribution in [0.3, 0.4) is 0 Å². The largest absolute Gasteiger partial charge is 0.340 e. The quantitative estimate of drug-likeness (QED) is 0.845. The Morgan fingerprint density at radius 1 is 1.20 bits per heavy atom. The van der Waals surface area contributed by atoms with Crippen molar-refractivity contribution >= 4 is 5.91 Å². The maximum Gasteiger partial charge on any atom is 0.230 e. The molecule has 0 aromatic heterocycles. The first kappa shape index (κ1) is 12.4. The van der Waals surface area contributed by atoms with Gasteiger partial charge < -0.3 is 10.2 Å². The van der Waals surface area contributed by atoms with Crippen molar-refractivity contribution in [2.75, 3.05) is 19.6 Å². The highest BCUT2D eigenvalue weighted by Gasteiger charge is 2.40. The summed E-state index contributed by atoms with van der Waals surface area (Å²) in [5.41, 5.74) is 2.67. The number of aryl methyl sites for hydroxylation is 1. The Morgan fingerprint density at radius 2 is 2.10 bits per heavy atom. The summed E-state index contributed by atoms with van der Waals surface area (Å²) in [6, 6.07) is 9.07. The number of likely N-dealkylation sites (tertiary alicyclic amines) is 1. The van der Waals surface area contributed by atoms with Crippen molar-refractivity contribution in [2.45, 2.75) is 37.6 Å². The third-order valence-electron chi connectivity index (χ3n) is 5.34. The Hall–Kier alpha value is -1.35. The van der Waals surface area contributed by atoms with E-state index in [0.717, 1.165) is 38.9 Å². The molecule has 2 saturated heterocycles. The van der Waals surface area contributed by atoms with Crippen LogP contribution in [0.25, 0.3) is 0 Å². The second-order valence-corrected chi connectivity index (χ2v) is 6.50. The summed E-state index contributed by atoms with van der Waals surface area (Å²) < 4.78 is 0. The van der Waals surface area contributed by atoms with Gasteiger partial charge in [0.1, 0.15) is 0 Å². The number of carbonyl (C=O) groups excluding carboxylic acids is 1. The van der Waals surface area contributed by atoms with E-state index in [1.807, 2.05) is 0 Å². The summed E-state index contributed by atoms with van der Waals surface area (Å²) in [5, 5.41) is 3.53. The van der Waals surface area contributed by atoms with Crippen molar-refractivity contribution in [3.63, 3.8) is 0 Å². The maximum absolute atomic E-state index is 12.9. The van der Waals surface area contributed by atoms with E-state index < -0.39 is 0 Å². The van der Waals surface area contributed by atoms with Gasteiger partial charge in [0, 0.05) is 19.1 Å². The molecule has 4 rings (SSSR count). The zero-order chi connectivity index (χ0) is 13.5. The first-order valence-corrected chi connectivity index (χ1v) is 7.93. The van der Waals surface area contributed by atoms with Gasteiger partial charge in [-0.25, -0.2) is 0 Å². The molecule has 0 spiro atoms. The molecule has 20 heavy (non-hydrogen) atoms. The fourth-order valence-corrected chi connectivity index (χ4v) is 4.26. The normalized spacial score (nSPS) is 32.0. The molecule has 1 aromatic carbocycles. The molecular weight excluding hydrogens is 248 g/mol. The minimum Gasteiger partial charge on any atom is -0.340 e. The van der Waals surface area contributed by atoms with Gasteiger partial charge in [-0.05, 0) is 49.3 Å². The average molecular weight is 270 g/mol. The van der Waals surface area contributed by atoms with Crippen molar-refractivity contribution in [2.24, 2.45) is 5.92 Å². The smallest absolute Gasteiger partial charge is 0.230 e. The first-order chi connectivity index (χ1) is 9.83. The van der Waals surface area contributed by atoms with Crippen LogP contribution in [0.5, 0.6) is 0 Å². The average Bonchev–Trinajstić information content (AvgIpc) is 3.07. The standard InChI is InChI=1S/C17H22N2O/c20-17(19-10-13-8-9-18-16(13)11-19)15-7-3-5-12-4-1-2-6-14(12)15/h1-2,4,6,13,15-16,18H,3,5,7-11H2/t13-,15?,16+/m0/s1. The highest BCUT2D eigenvalue weighted by molar-refractivity contribution is 5.84. The molecule has 3 atom stereocenters. The summed E-state index contributed by atoms with van der Waals surface area (Å²) in [4.78, 5) is 15.0. The van der Waals surface area contributed by atoms with Gasteiger partial charge in [0.05, 0.1) is 5.92 Å². The van der Waals surface area contributed by atoms with Crippen molar-refractivity contribution in [3.8, 4) is 0 Å². The van der Waals surface area contributed by atoms with E-state index in [2.05, 4.69) is 34.5 Å². The van der Waals surface area contributed by atoms with Crippen LogP contribution in [0, 0.1) is 5.92 Å². The maximum atomic E-state index is 12.9. The summed E-state index contributed by atoms with van der Waals surface area (Å²) >= 11 is 0. The minimum absolute atomic E-state index is 0.110. The van der Waals surface area contributed by atoms with Crippen LogP contribution in [-0.4, -0.2) is 36.5 Å². The number of amides is 1. The van der Waals surface area contributed by atoms with Crippen molar-refractivity contribution in [1.29, 1.82) is 0 Å². The molecule has 3 heteroatoms. The molecule has 3 aliphatic rings. The Kier molecular flexibility index (Phi) is 3.03. The van der Waals surface area contributed by atoms with Gasteiger partial charge in [-0.3, -0.25) is 4.79 Å². The van der Waals surface area contributed by atoms with E-state index in [1.165, 1.54) is 17.5 Å².